The van der Waals surface area contributed by atoms with Crippen molar-refractivity contribution in [1.29, 1.82) is 0 Å². The van der Waals surface area contributed by atoms with Crippen LogP contribution in [0.3, 0.4) is 0 Å². The first-order chi connectivity index (χ1) is 14.0. The van der Waals surface area contributed by atoms with Gasteiger partial charge in [0.05, 0.1) is 6.54 Å². The van der Waals surface area contributed by atoms with Gasteiger partial charge in [-0.1, -0.05) is 55.3 Å². The maximum atomic E-state index is 13.3. The summed E-state index contributed by atoms with van der Waals surface area (Å²) < 4.78 is 1.62. The van der Waals surface area contributed by atoms with E-state index < -0.39 is 0 Å². The molecule has 0 spiro atoms. The molecule has 150 valence electrons. The van der Waals surface area contributed by atoms with Crippen LogP contribution >= 0.6 is 0 Å². The SMILES string of the molecule is CCCCN(C(=O)c1cccn(Cc2cc(C)ccc2C)c1=O)c1ccccc1. The molecule has 0 N–H and O–H groups in total. The van der Waals surface area contributed by atoms with Crippen LogP contribution in [0.15, 0.2) is 71.7 Å². The van der Waals surface area contributed by atoms with Crippen LogP contribution in [-0.4, -0.2) is 17.0 Å². The highest BCUT2D eigenvalue weighted by molar-refractivity contribution is 6.05. The summed E-state index contributed by atoms with van der Waals surface area (Å²) in [7, 11) is 0. The van der Waals surface area contributed by atoms with Crippen LogP contribution in [0.2, 0.25) is 0 Å². The van der Waals surface area contributed by atoms with E-state index in [2.05, 4.69) is 25.1 Å². The molecule has 0 bridgehead atoms. The summed E-state index contributed by atoms with van der Waals surface area (Å²) >= 11 is 0. The number of nitrogens with zero attached hydrogens (tertiary/aromatic N) is 2. The third-order valence-electron chi connectivity index (χ3n) is 5.14. The number of amides is 1. The fraction of sp³-hybridized carbons (Fsp3) is 0.280. The standard InChI is InChI=1S/C25H28N2O2/c1-4-5-16-27(22-10-7-6-8-11-22)25(29)23-12-9-15-26(24(23)28)18-21-17-19(2)13-14-20(21)3/h6-15,17H,4-5,16,18H2,1-3H3. The molecule has 4 nitrogen and oxygen atoms in total. The monoisotopic (exact) mass is 388 g/mol. The molecule has 2 aromatic carbocycles. The van der Waals surface area contributed by atoms with Crippen molar-refractivity contribution < 1.29 is 4.79 Å². The second-order valence-electron chi connectivity index (χ2n) is 7.43. The van der Waals surface area contributed by atoms with Crippen LogP contribution in [0.4, 0.5) is 5.69 Å². The van der Waals surface area contributed by atoms with Gasteiger partial charge in [0.2, 0.25) is 0 Å². The Morgan fingerprint density at radius 1 is 1.00 bits per heavy atom. The lowest BCUT2D eigenvalue weighted by Gasteiger charge is -2.23. The molecule has 0 atom stereocenters. The average Bonchev–Trinajstić information content (AvgIpc) is 2.73. The lowest BCUT2D eigenvalue weighted by Crippen LogP contribution is -2.37. The van der Waals surface area contributed by atoms with Crippen molar-refractivity contribution in [3.63, 3.8) is 0 Å². The third-order valence-corrected chi connectivity index (χ3v) is 5.14. The summed E-state index contributed by atoms with van der Waals surface area (Å²) in [5.41, 5.74) is 4.14. The van der Waals surface area contributed by atoms with Crippen LogP contribution in [0, 0.1) is 13.8 Å². The summed E-state index contributed by atoms with van der Waals surface area (Å²) in [5, 5.41) is 0. The molecule has 0 radical (unpaired) electrons. The Balaban J connectivity index is 1.95. The van der Waals surface area contributed by atoms with Gasteiger partial charge in [-0.05, 0) is 55.7 Å². The van der Waals surface area contributed by atoms with Crippen LogP contribution in [-0.2, 0) is 6.54 Å². The van der Waals surface area contributed by atoms with E-state index in [0.29, 0.717) is 13.1 Å². The fourth-order valence-electron chi connectivity index (χ4n) is 3.40. The number of rotatable bonds is 7. The Bertz CT molecular complexity index is 1040. The Hall–Kier alpha value is -3.14. The predicted molar refractivity (Wildman–Crippen MR) is 119 cm³/mol. The van der Waals surface area contributed by atoms with E-state index in [1.54, 1.807) is 27.8 Å². The average molecular weight is 389 g/mol. The smallest absolute Gasteiger partial charge is 0.263 e. The summed E-state index contributed by atoms with van der Waals surface area (Å²) in [6, 6.07) is 19.2. The van der Waals surface area contributed by atoms with Gasteiger partial charge in [-0.3, -0.25) is 9.59 Å². The lowest BCUT2D eigenvalue weighted by atomic mass is 10.1. The van der Waals surface area contributed by atoms with Crippen molar-refractivity contribution in [3.05, 3.63) is 99.5 Å². The quantitative estimate of drug-likeness (QED) is 0.574. The molecule has 0 aliphatic heterocycles. The van der Waals surface area contributed by atoms with Gasteiger partial charge in [0.15, 0.2) is 0 Å². The van der Waals surface area contributed by atoms with Gasteiger partial charge in [-0.25, -0.2) is 0 Å². The van der Waals surface area contributed by atoms with Gasteiger partial charge in [-0.2, -0.15) is 0 Å². The number of aryl methyl sites for hydroxylation is 2. The van der Waals surface area contributed by atoms with E-state index in [-0.39, 0.29) is 17.0 Å². The largest absolute Gasteiger partial charge is 0.310 e. The second-order valence-corrected chi connectivity index (χ2v) is 7.43. The first-order valence-electron chi connectivity index (χ1n) is 10.1. The minimum absolute atomic E-state index is 0.206. The van der Waals surface area contributed by atoms with E-state index in [4.69, 9.17) is 0 Å². The van der Waals surface area contributed by atoms with Crippen LogP contribution in [0.25, 0.3) is 0 Å². The number of para-hydroxylation sites is 1. The van der Waals surface area contributed by atoms with Gasteiger partial charge < -0.3 is 9.47 Å². The molecule has 3 rings (SSSR count). The third kappa shape index (κ3) is 4.83. The number of pyridine rings is 1. The number of benzene rings is 2. The molecule has 29 heavy (non-hydrogen) atoms. The van der Waals surface area contributed by atoms with E-state index in [9.17, 15) is 9.59 Å². The van der Waals surface area contributed by atoms with Crippen molar-refractivity contribution in [3.8, 4) is 0 Å². The Morgan fingerprint density at radius 3 is 2.48 bits per heavy atom. The van der Waals surface area contributed by atoms with Gasteiger partial charge in [-0.15, -0.1) is 0 Å². The minimum atomic E-state index is -0.254. The zero-order valence-corrected chi connectivity index (χ0v) is 17.4. The summed E-state index contributed by atoms with van der Waals surface area (Å²) in [4.78, 5) is 28.2. The van der Waals surface area contributed by atoms with E-state index >= 15 is 0 Å². The lowest BCUT2D eigenvalue weighted by molar-refractivity contribution is 0.0984. The zero-order chi connectivity index (χ0) is 20.8. The van der Waals surface area contributed by atoms with Crippen LogP contribution < -0.4 is 10.5 Å². The molecule has 0 aliphatic carbocycles. The molecule has 4 heteroatoms. The van der Waals surface area contributed by atoms with Crippen molar-refractivity contribution in [2.75, 3.05) is 11.4 Å². The Morgan fingerprint density at radius 2 is 1.76 bits per heavy atom. The molecule has 1 aromatic heterocycles. The molecule has 0 saturated carbocycles. The van der Waals surface area contributed by atoms with Crippen molar-refractivity contribution in [1.82, 2.24) is 4.57 Å². The maximum Gasteiger partial charge on any atom is 0.263 e. The van der Waals surface area contributed by atoms with E-state index in [0.717, 1.165) is 35.2 Å². The number of hydrogen-bond acceptors (Lipinski definition) is 2. The topological polar surface area (TPSA) is 42.3 Å². The number of carbonyl (C=O) groups excluding carboxylic acids is 1. The molecular weight excluding hydrogens is 360 g/mol. The first kappa shape index (κ1) is 20.6. The molecule has 1 amide bonds. The Labute approximate surface area is 172 Å². The minimum Gasteiger partial charge on any atom is -0.310 e. The van der Waals surface area contributed by atoms with Crippen molar-refractivity contribution >= 4 is 11.6 Å². The highest BCUT2D eigenvalue weighted by Gasteiger charge is 2.21. The molecule has 0 saturated heterocycles. The van der Waals surface area contributed by atoms with Gasteiger partial charge in [0.1, 0.15) is 5.56 Å². The number of hydrogen-bond donors (Lipinski definition) is 0. The number of unbranched alkanes of at least 4 members (excludes halogenated alkanes) is 1. The Kier molecular flexibility index (Phi) is 6.65. The molecule has 0 unspecified atom stereocenters. The molecule has 1 heterocycles. The molecule has 0 fully saturated rings. The number of carbonyl (C=O) groups is 1. The second kappa shape index (κ2) is 9.37. The highest BCUT2D eigenvalue weighted by atomic mass is 16.2. The number of anilines is 1. The molecular formula is C25H28N2O2. The maximum absolute atomic E-state index is 13.3. The van der Waals surface area contributed by atoms with Crippen molar-refractivity contribution in [2.45, 2.75) is 40.2 Å². The normalized spacial score (nSPS) is 10.7. The van der Waals surface area contributed by atoms with Gasteiger partial charge in [0, 0.05) is 18.4 Å². The number of aromatic nitrogens is 1. The summed E-state index contributed by atoms with van der Waals surface area (Å²) in [5.74, 6) is -0.245. The van der Waals surface area contributed by atoms with Gasteiger partial charge in [0.25, 0.3) is 11.5 Å². The van der Waals surface area contributed by atoms with Gasteiger partial charge >= 0.3 is 0 Å². The predicted octanol–water partition coefficient (Wildman–Crippen LogP) is 4.96. The van der Waals surface area contributed by atoms with Crippen LogP contribution in [0.1, 0.15) is 46.8 Å². The van der Waals surface area contributed by atoms with E-state index in [1.165, 1.54) is 0 Å². The summed E-state index contributed by atoms with van der Waals surface area (Å²) in [6.45, 7) is 7.21. The zero-order valence-electron chi connectivity index (χ0n) is 17.4. The molecule has 0 aliphatic rings. The summed E-state index contributed by atoms with van der Waals surface area (Å²) in [6.07, 6.45) is 3.60. The fourth-order valence-corrected chi connectivity index (χ4v) is 3.40. The molecule has 3 aromatic rings. The first-order valence-corrected chi connectivity index (χ1v) is 10.1. The van der Waals surface area contributed by atoms with Crippen molar-refractivity contribution in [2.24, 2.45) is 0 Å². The highest BCUT2D eigenvalue weighted by Crippen LogP contribution is 2.17. The van der Waals surface area contributed by atoms with E-state index in [1.807, 2.05) is 44.2 Å². The van der Waals surface area contributed by atoms with Crippen LogP contribution in [0.5, 0.6) is 0 Å².